The number of piperidine rings is 1. The summed E-state index contributed by atoms with van der Waals surface area (Å²) < 4.78 is 5.65. The van der Waals surface area contributed by atoms with Crippen LogP contribution in [0.2, 0.25) is 0 Å². The minimum absolute atomic E-state index is 0.0147. The predicted octanol–water partition coefficient (Wildman–Crippen LogP) is 1.81. The number of nitrogens with zero attached hydrogens (tertiary/aromatic N) is 1. The molecule has 1 aromatic carbocycles. The first kappa shape index (κ1) is 15.4. The van der Waals surface area contributed by atoms with Crippen molar-refractivity contribution in [2.24, 2.45) is 11.7 Å². The van der Waals surface area contributed by atoms with E-state index in [2.05, 4.69) is 6.92 Å². The molecule has 1 saturated heterocycles. The zero-order chi connectivity index (χ0) is 15.4. The number of likely N-dealkylation sites (tertiary alicyclic amines) is 1. The van der Waals surface area contributed by atoms with Crippen LogP contribution >= 0.6 is 0 Å². The Kier molecular flexibility index (Phi) is 4.83. The number of primary amides is 1. The Labute approximate surface area is 125 Å². The molecule has 0 aliphatic carbocycles. The summed E-state index contributed by atoms with van der Waals surface area (Å²) in [6.07, 6.45) is 1.56. The maximum Gasteiger partial charge on any atom is 0.263 e. The molecule has 1 aromatic rings. The van der Waals surface area contributed by atoms with E-state index in [4.69, 9.17) is 10.5 Å². The van der Waals surface area contributed by atoms with Gasteiger partial charge in [0.05, 0.1) is 0 Å². The van der Waals surface area contributed by atoms with E-state index in [1.807, 2.05) is 4.90 Å². The molecule has 114 valence electrons. The van der Waals surface area contributed by atoms with E-state index in [-0.39, 0.29) is 5.91 Å². The molecule has 1 heterocycles. The number of benzene rings is 1. The number of carbonyl (C=O) groups excluding carboxylic acids is 2. The molecular weight excluding hydrogens is 268 g/mol. The molecule has 5 heteroatoms. The number of hydrogen-bond donors (Lipinski definition) is 1. The molecule has 0 bridgehead atoms. The van der Waals surface area contributed by atoms with Crippen molar-refractivity contribution in [3.8, 4) is 5.75 Å². The van der Waals surface area contributed by atoms with E-state index < -0.39 is 12.0 Å². The van der Waals surface area contributed by atoms with Crippen LogP contribution in [0.4, 0.5) is 0 Å². The van der Waals surface area contributed by atoms with E-state index in [1.54, 1.807) is 31.2 Å². The van der Waals surface area contributed by atoms with Crippen LogP contribution in [0.1, 0.15) is 37.0 Å². The lowest BCUT2D eigenvalue weighted by atomic mass is 9.99. The van der Waals surface area contributed by atoms with Crippen LogP contribution in [-0.2, 0) is 4.79 Å². The van der Waals surface area contributed by atoms with Gasteiger partial charge in [0.2, 0.25) is 5.91 Å². The van der Waals surface area contributed by atoms with Gasteiger partial charge in [-0.1, -0.05) is 6.92 Å². The van der Waals surface area contributed by atoms with Gasteiger partial charge < -0.3 is 15.4 Å². The maximum atomic E-state index is 12.3. The molecule has 2 N–H and O–H groups in total. The molecule has 0 saturated carbocycles. The van der Waals surface area contributed by atoms with Crippen LogP contribution in [0.3, 0.4) is 0 Å². The number of carbonyl (C=O) groups is 2. The monoisotopic (exact) mass is 290 g/mol. The first-order chi connectivity index (χ1) is 9.97. The molecule has 1 aliphatic rings. The summed E-state index contributed by atoms with van der Waals surface area (Å²) in [7, 11) is 0. The van der Waals surface area contributed by atoms with Gasteiger partial charge in [0.25, 0.3) is 5.91 Å². The quantitative estimate of drug-likeness (QED) is 0.919. The van der Waals surface area contributed by atoms with E-state index in [0.717, 1.165) is 25.9 Å². The lowest BCUT2D eigenvalue weighted by molar-refractivity contribution is -0.139. The number of ether oxygens (including phenoxy) is 1. The topological polar surface area (TPSA) is 72.6 Å². The largest absolute Gasteiger partial charge is 0.481 e. The SMILES string of the molecule is CC1CCN(C(=O)C(C)Oc2ccc(C(N)=O)cc2)CC1. The molecule has 2 amide bonds. The molecule has 0 spiro atoms. The Morgan fingerprint density at radius 2 is 1.81 bits per heavy atom. The molecule has 21 heavy (non-hydrogen) atoms. The number of hydrogen-bond acceptors (Lipinski definition) is 3. The van der Waals surface area contributed by atoms with Gasteiger partial charge in [0.15, 0.2) is 6.10 Å². The molecule has 1 aliphatic heterocycles. The highest BCUT2D eigenvalue weighted by molar-refractivity contribution is 5.92. The molecule has 1 fully saturated rings. The third-order valence-corrected chi connectivity index (χ3v) is 3.89. The summed E-state index contributed by atoms with van der Waals surface area (Å²) in [4.78, 5) is 25.2. The van der Waals surface area contributed by atoms with Crippen LogP contribution in [0.5, 0.6) is 5.75 Å². The van der Waals surface area contributed by atoms with E-state index in [9.17, 15) is 9.59 Å². The fourth-order valence-corrected chi connectivity index (χ4v) is 2.44. The Hall–Kier alpha value is -2.04. The van der Waals surface area contributed by atoms with Gasteiger partial charge in [-0.05, 0) is 49.9 Å². The smallest absolute Gasteiger partial charge is 0.263 e. The lowest BCUT2D eigenvalue weighted by Gasteiger charge is -2.32. The summed E-state index contributed by atoms with van der Waals surface area (Å²) in [5.41, 5.74) is 5.60. The molecule has 5 nitrogen and oxygen atoms in total. The van der Waals surface area contributed by atoms with E-state index in [0.29, 0.717) is 17.2 Å². The normalized spacial score (nSPS) is 17.3. The Balaban J connectivity index is 1.92. The summed E-state index contributed by atoms with van der Waals surface area (Å²) >= 11 is 0. The summed E-state index contributed by atoms with van der Waals surface area (Å²) in [6.45, 7) is 5.56. The zero-order valence-corrected chi connectivity index (χ0v) is 12.5. The summed E-state index contributed by atoms with van der Waals surface area (Å²) in [5.74, 6) is 0.784. The van der Waals surface area contributed by atoms with Crippen molar-refractivity contribution >= 4 is 11.8 Å². The number of rotatable bonds is 4. The van der Waals surface area contributed by atoms with Gasteiger partial charge >= 0.3 is 0 Å². The zero-order valence-electron chi connectivity index (χ0n) is 12.5. The standard InChI is InChI=1S/C16H22N2O3/c1-11-7-9-18(10-8-11)16(20)12(2)21-14-5-3-13(4-6-14)15(17)19/h3-6,11-12H,7-10H2,1-2H3,(H2,17,19). The van der Waals surface area contributed by atoms with Crippen molar-refractivity contribution < 1.29 is 14.3 Å². The third-order valence-electron chi connectivity index (χ3n) is 3.89. The van der Waals surface area contributed by atoms with E-state index >= 15 is 0 Å². The van der Waals surface area contributed by atoms with E-state index in [1.165, 1.54) is 0 Å². The highest BCUT2D eigenvalue weighted by atomic mass is 16.5. The van der Waals surface area contributed by atoms with Crippen molar-refractivity contribution in [2.75, 3.05) is 13.1 Å². The van der Waals surface area contributed by atoms with Crippen LogP contribution in [-0.4, -0.2) is 35.9 Å². The minimum atomic E-state index is -0.530. The van der Waals surface area contributed by atoms with Gasteiger partial charge in [-0.2, -0.15) is 0 Å². The predicted molar refractivity (Wildman–Crippen MR) is 80.0 cm³/mol. The Morgan fingerprint density at radius 3 is 2.33 bits per heavy atom. The third kappa shape index (κ3) is 3.97. The first-order valence-corrected chi connectivity index (χ1v) is 7.32. The second-order valence-electron chi connectivity index (χ2n) is 5.66. The van der Waals surface area contributed by atoms with Crippen molar-refractivity contribution in [1.29, 1.82) is 0 Å². The molecule has 1 atom stereocenters. The second kappa shape index (κ2) is 6.61. The molecule has 1 unspecified atom stereocenters. The van der Waals surface area contributed by atoms with Crippen molar-refractivity contribution in [2.45, 2.75) is 32.8 Å². The maximum absolute atomic E-state index is 12.3. The average molecular weight is 290 g/mol. The fraction of sp³-hybridized carbons (Fsp3) is 0.500. The average Bonchev–Trinajstić information content (AvgIpc) is 2.47. The van der Waals surface area contributed by atoms with Gasteiger partial charge in [-0.3, -0.25) is 9.59 Å². The van der Waals surface area contributed by atoms with Crippen LogP contribution in [0, 0.1) is 5.92 Å². The summed E-state index contributed by atoms with van der Waals surface area (Å²) in [6, 6.07) is 6.50. The second-order valence-corrected chi connectivity index (χ2v) is 5.66. The Morgan fingerprint density at radius 1 is 1.24 bits per heavy atom. The van der Waals surface area contributed by atoms with Crippen molar-refractivity contribution in [3.63, 3.8) is 0 Å². The highest BCUT2D eigenvalue weighted by Crippen LogP contribution is 2.19. The van der Waals surface area contributed by atoms with Crippen molar-refractivity contribution in [3.05, 3.63) is 29.8 Å². The van der Waals surface area contributed by atoms with Crippen LogP contribution < -0.4 is 10.5 Å². The molecule has 2 rings (SSSR count). The minimum Gasteiger partial charge on any atom is -0.481 e. The van der Waals surface area contributed by atoms with Crippen LogP contribution in [0.25, 0.3) is 0 Å². The summed E-state index contributed by atoms with van der Waals surface area (Å²) in [5, 5.41) is 0. The van der Waals surface area contributed by atoms with Crippen LogP contribution in [0.15, 0.2) is 24.3 Å². The van der Waals surface area contributed by atoms with Gasteiger partial charge in [0.1, 0.15) is 5.75 Å². The number of amides is 2. The van der Waals surface area contributed by atoms with Gasteiger partial charge in [0, 0.05) is 18.7 Å². The molecule has 0 radical (unpaired) electrons. The van der Waals surface area contributed by atoms with Crippen molar-refractivity contribution in [1.82, 2.24) is 4.90 Å². The van der Waals surface area contributed by atoms with Gasteiger partial charge in [-0.15, -0.1) is 0 Å². The highest BCUT2D eigenvalue weighted by Gasteiger charge is 2.25. The lowest BCUT2D eigenvalue weighted by Crippen LogP contribution is -2.44. The van der Waals surface area contributed by atoms with Gasteiger partial charge in [-0.25, -0.2) is 0 Å². The fourth-order valence-electron chi connectivity index (χ4n) is 2.44. The molecule has 0 aromatic heterocycles. The Bertz CT molecular complexity index is 505. The molecular formula is C16H22N2O3. The first-order valence-electron chi connectivity index (χ1n) is 7.32. The number of nitrogens with two attached hydrogens (primary N) is 1.